The summed E-state index contributed by atoms with van der Waals surface area (Å²) in [6.07, 6.45) is 3.19. The lowest BCUT2D eigenvalue weighted by atomic mass is 9.85. The van der Waals surface area contributed by atoms with E-state index in [1.807, 2.05) is 12.1 Å². The Morgan fingerprint density at radius 1 is 1.17 bits per heavy atom. The topological polar surface area (TPSA) is 128 Å². The van der Waals surface area contributed by atoms with E-state index in [0.29, 0.717) is 28.2 Å². The zero-order valence-electron chi connectivity index (χ0n) is 23.0. The highest BCUT2D eigenvalue weighted by atomic mass is 32.1. The van der Waals surface area contributed by atoms with Crippen LogP contribution < -0.4 is 10.6 Å². The number of amides is 1. The second-order valence-electron chi connectivity index (χ2n) is 11.0. The van der Waals surface area contributed by atoms with Crippen LogP contribution in [0.3, 0.4) is 0 Å². The number of carbonyl (C=O) groups excluding carboxylic acids is 1. The first-order valence-corrected chi connectivity index (χ1v) is 14.4. The third kappa shape index (κ3) is 6.39. The van der Waals surface area contributed by atoms with Crippen LogP contribution in [0.5, 0.6) is 0 Å². The highest BCUT2D eigenvalue weighted by Crippen LogP contribution is 2.38. The zero-order chi connectivity index (χ0) is 30.0. The minimum absolute atomic E-state index is 0.00351. The van der Waals surface area contributed by atoms with Gasteiger partial charge in [0.15, 0.2) is 5.01 Å². The summed E-state index contributed by atoms with van der Waals surface area (Å²) >= 11 is 1.05. The first-order valence-electron chi connectivity index (χ1n) is 13.6. The van der Waals surface area contributed by atoms with E-state index < -0.39 is 24.1 Å². The highest BCUT2D eigenvalue weighted by molar-refractivity contribution is 7.11. The van der Waals surface area contributed by atoms with Gasteiger partial charge >= 0.3 is 0 Å². The number of nitriles is 1. The van der Waals surface area contributed by atoms with Crippen molar-refractivity contribution in [2.75, 3.05) is 11.9 Å². The van der Waals surface area contributed by atoms with Crippen LogP contribution in [0.1, 0.15) is 77.7 Å². The van der Waals surface area contributed by atoms with Crippen molar-refractivity contribution in [3.8, 4) is 17.5 Å². The van der Waals surface area contributed by atoms with Gasteiger partial charge in [-0.3, -0.25) is 9.78 Å². The van der Waals surface area contributed by atoms with Gasteiger partial charge in [0.2, 0.25) is 0 Å². The molecule has 9 nitrogen and oxygen atoms in total. The molecule has 1 fully saturated rings. The van der Waals surface area contributed by atoms with Crippen molar-refractivity contribution in [2.24, 2.45) is 0 Å². The molecule has 0 aromatic carbocycles. The largest absolute Gasteiger partial charge is 0.387 e. The molecule has 1 aliphatic carbocycles. The third-order valence-electron chi connectivity index (χ3n) is 7.47. The Balaban J connectivity index is 1.38. The molecule has 0 unspecified atom stereocenters. The van der Waals surface area contributed by atoms with E-state index in [4.69, 9.17) is 0 Å². The molecular weight excluding hydrogens is 567 g/mol. The van der Waals surface area contributed by atoms with E-state index in [1.165, 1.54) is 26.2 Å². The van der Waals surface area contributed by atoms with E-state index in [0.717, 1.165) is 41.9 Å². The molecule has 0 radical (unpaired) electrons. The molecule has 0 aliphatic heterocycles. The average molecular weight is 598 g/mol. The fraction of sp³-hybridized carbons (Fsp3) is 0.414. The fourth-order valence-corrected chi connectivity index (χ4v) is 5.95. The monoisotopic (exact) mass is 597 g/mol. The van der Waals surface area contributed by atoms with Gasteiger partial charge < -0.3 is 15.7 Å². The predicted molar refractivity (Wildman–Crippen MR) is 152 cm³/mol. The van der Waals surface area contributed by atoms with Crippen LogP contribution in [0.25, 0.3) is 16.9 Å². The molecule has 13 heteroatoms. The summed E-state index contributed by atoms with van der Waals surface area (Å²) in [6.45, 7) is 2.29. The van der Waals surface area contributed by atoms with Crippen LogP contribution in [-0.2, 0) is 0 Å². The molecule has 1 aliphatic rings. The van der Waals surface area contributed by atoms with Gasteiger partial charge in [-0.1, -0.05) is 0 Å². The molecule has 5 rings (SSSR count). The smallest absolute Gasteiger partial charge is 0.289 e. The Hall–Kier alpha value is -4.02. The molecule has 1 saturated carbocycles. The second-order valence-corrected chi connectivity index (χ2v) is 12.0. The minimum Gasteiger partial charge on any atom is -0.387 e. The number of halogens is 3. The molecule has 0 bridgehead atoms. The van der Waals surface area contributed by atoms with Crippen molar-refractivity contribution in [3.63, 3.8) is 0 Å². The summed E-state index contributed by atoms with van der Waals surface area (Å²) in [5.74, 6) is -0.401. The number of hydrogen-bond acceptors (Lipinski definition) is 8. The Kier molecular flexibility index (Phi) is 8.47. The quantitative estimate of drug-likeness (QED) is 0.228. The Morgan fingerprint density at radius 2 is 1.93 bits per heavy atom. The number of fused-ring (bicyclic) bond motifs is 1. The van der Waals surface area contributed by atoms with E-state index in [1.54, 1.807) is 22.8 Å². The molecule has 0 saturated heterocycles. The molecule has 0 spiro atoms. The number of alkyl halides is 3. The predicted octanol–water partition coefficient (Wildman–Crippen LogP) is 5.64. The van der Waals surface area contributed by atoms with Gasteiger partial charge in [0, 0.05) is 23.3 Å². The van der Waals surface area contributed by atoms with Crippen LogP contribution in [-0.4, -0.2) is 55.0 Å². The van der Waals surface area contributed by atoms with E-state index in [9.17, 15) is 28.3 Å². The van der Waals surface area contributed by atoms with Crippen LogP contribution >= 0.6 is 11.3 Å². The summed E-state index contributed by atoms with van der Waals surface area (Å²) in [5, 5.41) is 29.3. The Labute approximate surface area is 244 Å². The number of nitrogens with one attached hydrogen (secondary N) is 2. The summed E-state index contributed by atoms with van der Waals surface area (Å²) in [7, 11) is 0. The lowest BCUT2D eigenvalue weighted by molar-refractivity contribution is -0.00177. The number of rotatable bonds is 9. The Morgan fingerprint density at radius 3 is 2.60 bits per heavy atom. The summed E-state index contributed by atoms with van der Waals surface area (Å²) < 4.78 is 42.0. The van der Waals surface area contributed by atoms with Gasteiger partial charge in [0.05, 0.1) is 52.1 Å². The van der Waals surface area contributed by atoms with Gasteiger partial charge in [0.1, 0.15) is 12.2 Å². The highest BCUT2D eigenvalue weighted by Gasteiger charge is 2.29. The first-order chi connectivity index (χ1) is 20.0. The maximum Gasteiger partial charge on any atom is 0.289 e. The molecule has 1 atom stereocenters. The fourth-order valence-electron chi connectivity index (χ4n) is 5.01. The molecule has 4 aromatic heterocycles. The number of aromatic nitrogens is 4. The van der Waals surface area contributed by atoms with Crippen molar-refractivity contribution in [1.29, 1.82) is 5.26 Å². The zero-order valence-corrected chi connectivity index (χ0v) is 23.8. The van der Waals surface area contributed by atoms with Crippen molar-refractivity contribution in [3.05, 3.63) is 63.9 Å². The summed E-state index contributed by atoms with van der Waals surface area (Å²) in [6, 6.07) is 9.15. The molecule has 3 N–H and O–H groups in total. The number of anilines is 1. The molecule has 1 amide bonds. The van der Waals surface area contributed by atoms with Crippen molar-refractivity contribution in [1.82, 2.24) is 24.9 Å². The standard InChI is InChI=1S/C29H30F3N7O2S/c1-29(2,41)25(30)15-35-27(40)20-13-34-22(23-8-7-19-9-16(11-33)12-37-39(19)23)10-21(20)38-18-5-3-17(4-6-18)24-14-36-28(42-24)26(31)32/h7-10,12-14,17-18,25-26,41H,3-6,15H2,1-2H3,(H,34,38)(H,35,40)/t17?,18?,25-/m1/s1. The molecule has 4 aromatic rings. The number of nitrogens with zero attached hydrogens (tertiary/aromatic N) is 5. The van der Waals surface area contributed by atoms with Gasteiger partial charge in [-0.15, -0.1) is 11.3 Å². The van der Waals surface area contributed by atoms with Crippen LogP contribution in [0.2, 0.25) is 0 Å². The van der Waals surface area contributed by atoms with Gasteiger partial charge in [-0.05, 0) is 69.7 Å². The second kappa shape index (κ2) is 12.1. The number of aliphatic hydroxyl groups is 1. The van der Waals surface area contributed by atoms with E-state index in [2.05, 4.69) is 31.8 Å². The van der Waals surface area contributed by atoms with Crippen LogP contribution in [0.15, 0.2) is 42.9 Å². The number of carbonyl (C=O) groups is 1. The lowest BCUT2D eigenvalue weighted by Gasteiger charge is -2.30. The normalized spacial score (nSPS) is 18.1. The van der Waals surface area contributed by atoms with Crippen LogP contribution in [0.4, 0.5) is 18.9 Å². The first kappa shape index (κ1) is 29.5. The minimum atomic E-state index is -2.58. The third-order valence-corrected chi connectivity index (χ3v) is 8.63. The maximum atomic E-state index is 14.4. The molecule has 42 heavy (non-hydrogen) atoms. The van der Waals surface area contributed by atoms with Gasteiger partial charge in [0.25, 0.3) is 12.3 Å². The number of pyridine rings is 1. The SMILES string of the molecule is CC(C)(O)[C@H](F)CNC(=O)c1cnc(-c2ccc3cc(C#N)cnn23)cc1NC1CCC(c2cnc(C(F)F)s2)CC1. The van der Waals surface area contributed by atoms with Gasteiger partial charge in [-0.2, -0.15) is 10.4 Å². The molecular formula is C29H30F3N7O2S. The van der Waals surface area contributed by atoms with Gasteiger partial charge in [-0.25, -0.2) is 22.7 Å². The maximum absolute atomic E-state index is 14.4. The van der Waals surface area contributed by atoms with Crippen LogP contribution in [0, 0.1) is 11.3 Å². The summed E-state index contributed by atoms with van der Waals surface area (Å²) in [5.41, 5.74) is 1.42. The lowest BCUT2D eigenvalue weighted by Crippen LogP contribution is -2.42. The summed E-state index contributed by atoms with van der Waals surface area (Å²) in [4.78, 5) is 22.4. The van der Waals surface area contributed by atoms with Crippen molar-refractivity contribution < 1.29 is 23.1 Å². The van der Waals surface area contributed by atoms with Crippen molar-refractivity contribution >= 4 is 28.4 Å². The molecule has 220 valence electrons. The average Bonchev–Trinajstić information content (AvgIpc) is 3.63. The number of hydrogen-bond donors (Lipinski definition) is 3. The van der Waals surface area contributed by atoms with E-state index in [-0.39, 0.29) is 29.1 Å². The number of thiazole rings is 1. The van der Waals surface area contributed by atoms with Crippen molar-refractivity contribution in [2.45, 2.75) is 69.7 Å². The van der Waals surface area contributed by atoms with E-state index >= 15 is 0 Å². The molecule has 4 heterocycles. The Bertz CT molecular complexity index is 1620.